The Bertz CT molecular complexity index is 1950. The van der Waals surface area contributed by atoms with Gasteiger partial charge in [0.2, 0.25) is 11.8 Å². The normalized spacial score (nSPS) is 18.9. The molecule has 0 radical (unpaired) electrons. The number of carbonyl (C=O) groups excluding carboxylic acids is 1. The number of rotatable bonds is 5. The zero-order valence-corrected chi connectivity index (χ0v) is 30.3. The van der Waals surface area contributed by atoms with E-state index in [0.717, 1.165) is 47.6 Å². The van der Waals surface area contributed by atoms with Gasteiger partial charge >= 0.3 is 0 Å². The molecule has 2 aliphatic rings. The predicted molar refractivity (Wildman–Crippen MR) is 192 cm³/mol. The first-order valence-corrected chi connectivity index (χ1v) is 18.3. The highest BCUT2D eigenvalue weighted by Gasteiger charge is 2.33. The van der Waals surface area contributed by atoms with E-state index in [0.29, 0.717) is 12.1 Å². The van der Waals surface area contributed by atoms with Crippen molar-refractivity contribution in [1.29, 1.82) is 0 Å². The summed E-state index contributed by atoms with van der Waals surface area (Å²) in [6, 6.07) is 17.4. The van der Waals surface area contributed by atoms with Crippen LogP contribution in [0.5, 0.6) is 5.88 Å². The lowest BCUT2D eigenvalue weighted by Crippen LogP contribution is -2.45. The molecule has 2 aliphatic heterocycles. The average molecular weight is 683 g/mol. The van der Waals surface area contributed by atoms with Crippen LogP contribution >= 0.6 is 0 Å². The number of nitrogens with one attached hydrogen (secondary N) is 1. The summed E-state index contributed by atoms with van der Waals surface area (Å²) >= 11 is 0. The lowest BCUT2D eigenvalue weighted by molar-refractivity contribution is 0.0509. The van der Waals surface area contributed by atoms with E-state index in [1.54, 1.807) is 23.1 Å². The van der Waals surface area contributed by atoms with Crippen LogP contribution in [0.4, 0.5) is 11.6 Å². The number of anilines is 2. The first-order valence-electron chi connectivity index (χ1n) is 16.8. The fourth-order valence-electron chi connectivity index (χ4n) is 6.75. The molecule has 2 aromatic heterocycles. The van der Waals surface area contributed by atoms with Crippen LogP contribution in [0.3, 0.4) is 0 Å². The van der Waals surface area contributed by atoms with Crippen molar-refractivity contribution in [3.05, 3.63) is 89.2 Å². The smallest absolute Gasteiger partial charge is 0.264 e. The van der Waals surface area contributed by atoms with Crippen molar-refractivity contribution in [1.82, 2.24) is 19.9 Å². The van der Waals surface area contributed by atoms with Gasteiger partial charge in [-0.3, -0.25) is 9.78 Å². The third-order valence-electron chi connectivity index (χ3n) is 9.21. The lowest BCUT2D eigenvalue weighted by Gasteiger charge is -2.35. The minimum Gasteiger partial charge on any atom is -0.475 e. The predicted octanol–water partition coefficient (Wildman–Crippen LogP) is 7.03. The van der Waals surface area contributed by atoms with Crippen LogP contribution in [0.25, 0.3) is 11.3 Å². The molecule has 2 aromatic carbocycles. The zero-order valence-electron chi connectivity index (χ0n) is 29.4. The molecule has 0 unspecified atom stereocenters. The van der Waals surface area contributed by atoms with Gasteiger partial charge in [-0.1, -0.05) is 58.9 Å². The van der Waals surface area contributed by atoms with E-state index in [1.807, 2.05) is 44.3 Å². The maximum atomic E-state index is 14.5. The molecule has 1 fully saturated rings. The minimum absolute atomic E-state index is 0.0653. The summed E-state index contributed by atoms with van der Waals surface area (Å²) in [7, 11) is -4.16. The molecular formula is C38H46N6O4S. The Hall–Kier alpha value is -4.51. The van der Waals surface area contributed by atoms with Crippen molar-refractivity contribution in [2.24, 2.45) is 10.8 Å². The summed E-state index contributed by atoms with van der Waals surface area (Å²) in [5, 5.41) is 0. The molecular weight excluding hydrogens is 637 g/mol. The van der Waals surface area contributed by atoms with Gasteiger partial charge in [0.25, 0.3) is 15.9 Å². The summed E-state index contributed by atoms with van der Waals surface area (Å²) in [6.07, 6.45) is 3.61. The maximum absolute atomic E-state index is 14.5. The van der Waals surface area contributed by atoms with E-state index in [4.69, 9.17) is 9.72 Å². The fraction of sp³-hybridized carbons (Fsp3) is 0.421. The topological polar surface area (TPSA) is 118 Å². The largest absolute Gasteiger partial charge is 0.475 e. The monoisotopic (exact) mass is 682 g/mol. The zero-order chi connectivity index (χ0) is 35.1. The number of amides is 1. The Labute approximate surface area is 290 Å². The van der Waals surface area contributed by atoms with Gasteiger partial charge in [-0.25, -0.2) is 18.1 Å². The molecule has 4 aromatic rings. The van der Waals surface area contributed by atoms with Crippen LogP contribution in [0, 0.1) is 24.7 Å². The van der Waals surface area contributed by atoms with Gasteiger partial charge in [-0.2, -0.15) is 4.98 Å². The van der Waals surface area contributed by atoms with E-state index >= 15 is 0 Å². The molecule has 0 spiro atoms. The number of aromatic nitrogens is 3. The summed E-state index contributed by atoms with van der Waals surface area (Å²) in [5.74, 6) is -0.213. The van der Waals surface area contributed by atoms with Crippen LogP contribution < -0.4 is 14.4 Å². The summed E-state index contributed by atoms with van der Waals surface area (Å²) < 4.78 is 36.3. The highest BCUT2D eigenvalue weighted by Crippen LogP contribution is 2.34. The molecule has 1 atom stereocenters. The van der Waals surface area contributed by atoms with E-state index in [9.17, 15) is 13.2 Å². The number of hydrogen-bond donors (Lipinski definition) is 1. The second-order valence-electron chi connectivity index (χ2n) is 15.3. The molecule has 49 heavy (non-hydrogen) atoms. The van der Waals surface area contributed by atoms with Crippen LogP contribution in [-0.4, -0.2) is 59.9 Å². The number of benzene rings is 2. The Balaban J connectivity index is 1.43. The number of aryl methyl sites for hydroxylation is 2. The van der Waals surface area contributed by atoms with Crippen molar-refractivity contribution in [2.75, 3.05) is 29.3 Å². The van der Waals surface area contributed by atoms with Crippen LogP contribution in [0.2, 0.25) is 0 Å². The van der Waals surface area contributed by atoms with Crippen LogP contribution in [0.1, 0.15) is 74.6 Å². The Morgan fingerprint density at radius 3 is 2.39 bits per heavy atom. The van der Waals surface area contributed by atoms with Crippen LogP contribution in [-0.2, 0) is 16.6 Å². The van der Waals surface area contributed by atoms with Crippen LogP contribution in [0.15, 0.2) is 71.8 Å². The van der Waals surface area contributed by atoms with Crippen molar-refractivity contribution < 1.29 is 17.9 Å². The van der Waals surface area contributed by atoms with E-state index in [2.05, 4.69) is 60.3 Å². The summed E-state index contributed by atoms with van der Waals surface area (Å²) in [6.45, 7) is 17.2. The summed E-state index contributed by atoms with van der Waals surface area (Å²) in [5.41, 5.74) is 5.50. The van der Waals surface area contributed by atoms with Gasteiger partial charge < -0.3 is 14.5 Å². The maximum Gasteiger partial charge on any atom is 0.264 e. The fourth-order valence-corrected chi connectivity index (χ4v) is 7.74. The Kier molecular flexibility index (Phi) is 9.17. The number of carbonyl (C=O) groups is 1. The van der Waals surface area contributed by atoms with Gasteiger partial charge in [-0.15, -0.1) is 0 Å². The molecule has 0 saturated carbocycles. The van der Waals surface area contributed by atoms with Gasteiger partial charge in [0, 0.05) is 30.3 Å². The van der Waals surface area contributed by atoms with Crippen molar-refractivity contribution in [2.45, 2.75) is 78.8 Å². The third kappa shape index (κ3) is 7.88. The molecule has 0 aliphatic carbocycles. The molecule has 4 heterocycles. The van der Waals surface area contributed by atoms with Gasteiger partial charge in [0.15, 0.2) is 0 Å². The molecule has 4 bridgehead atoms. The van der Waals surface area contributed by atoms with Crippen molar-refractivity contribution in [3.8, 4) is 17.1 Å². The average Bonchev–Trinajstić information content (AvgIpc) is 3.40. The molecule has 258 valence electrons. The Morgan fingerprint density at radius 1 is 1.00 bits per heavy atom. The molecule has 6 rings (SSSR count). The number of pyridine rings is 1. The standard InChI is InChI=1S/C38H46N6O4S/c1-25-10-8-11-26(2)34(25)32-19-33-41-36(40-32)42-49(46,47)31-13-9-12-27(18-31)35(45)44(30(23-48-33)20-37(3,4)5)22-28-14-15-29(21-39-28)43-17-16-38(6,7)24-43/h8-15,18-19,21,30H,16-17,20,22-24H2,1-7H3,(H,40,41,42)/t30-/m1/s1. The second-order valence-corrected chi connectivity index (χ2v) is 17.0. The quantitative estimate of drug-likeness (QED) is 0.239. The second kappa shape index (κ2) is 13.1. The molecule has 11 heteroatoms. The minimum atomic E-state index is -4.16. The molecule has 1 N–H and O–H groups in total. The first kappa shape index (κ1) is 34.4. The summed E-state index contributed by atoms with van der Waals surface area (Å²) in [4.78, 5) is 32.4. The number of fused-ring (bicyclic) bond motifs is 4. The van der Waals surface area contributed by atoms with Gasteiger partial charge in [-0.05, 0) is 79.0 Å². The number of sulfonamides is 1. The highest BCUT2D eigenvalue weighted by molar-refractivity contribution is 7.92. The lowest BCUT2D eigenvalue weighted by atomic mass is 9.87. The van der Waals surface area contributed by atoms with E-state index < -0.39 is 16.1 Å². The van der Waals surface area contributed by atoms with E-state index in [-0.39, 0.29) is 52.2 Å². The van der Waals surface area contributed by atoms with Gasteiger partial charge in [0.1, 0.15) is 6.61 Å². The molecule has 10 nitrogen and oxygen atoms in total. The molecule has 1 amide bonds. The SMILES string of the molecule is Cc1cccc(C)c1-c1cc2nc(n1)NS(=O)(=O)c1cccc(c1)C(=O)N(Cc1ccc(N3CCC(C)(C)C3)cn1)[C@H](CC(C)(C)C)CO2. The number of ether oxygens (including phenoxy) is 1. The third-order valence-corrected chi connectivity index (χ3v) is 10.5. The number of nitrogens with zero attached hydrogens (tertiary/aromatic N) is 5. The first-order chi connectivity index (χ1) is 23.1. The Morgan fingerprint density at radius 2 is 1.73 bits per heavy atom. The van der Waals surface area contributed by atoms with E-state index in [1.165, 1.54) is 12.1 Å². The molecule has 1 saturated heterocycles. The van der Waals surface area contributed by atoms with Gasteiger partial charge in [0.05, 0.1) is 40.8 Å². The highest BCUT2D eigenvalue weighted by atomic mass is 32.2. The van der Waals surface area contributed by atoms with Crippen molar-refractivity contribution >= 4 is 27.6 Å². The number of hydrogen-bond acceptors (Lipinski definition) is 8. The van der Waals surface area contributed by atoms with Crippen molar-refractivity contribution in [3.63, 3.8) is 0 Å².